The normalized spacial score (nSPS) is 9.47. The largest absolute Gasteiger partial charge is 0.354 e. The van der Waals surface area contributed by atoms with Crippen LogP contribution in [-0.2, 0) is 0 Å². The maximum Gasteiger partial charge on any atom is 0.101 e. The Labute approximate surface area is 112 Å². The summed E-state index contributed by atoms with van der Waals surface area (Å²) in [5.74, 6) is 0. The van der Waals surface area contributed by atoms with Gasteiger partial charge in [-0.1, -0.05) is 18.2 Å². The van der Waals surface area contributed by atoms with E-state index in [2.05, 4.69) is 17.5 Å². The van der Waals surface area contributed by atoms with E-state index >= 15 is 0 Å². The molecular formula is C16H13N3. The third kappa shape index (κ3) is 2.56. The Morgan fingerprint density at radius 2 is 1.74 bits per heavy atom. The lowest BCUT2D eigenvalue weighted by atomic mass is 10.1. The van der Waals surface area contributed by atoms with E-state index < -0.39 is 0 Å². The van der Waals surface area contributed by atoms with Gasteiger partial charge < -0.3 is 5.32 Å². The maximum absolute atomic E-state index is 9.15. The van der Waals surface area contributed by atoms with E-state index in [1.807, 2.05) is 32.0 Å². The monoisotopic (exact) mass is 247 g/mol. The molecule has 19 heavy (non-hydrogen) atoms. The quantitative estimate of drug-likeness (QED) is 0.878. The van der Waals surface area contributed by atoms with E-state index in [1.165, 1.54) is 0 Å². The van der Waals surface area contributed by atoms with Crippen molar-refractivity contribution in [2.24, 2.45) is 0 Å². The first kappa shape index (κ1) is 12.7. The summed E-state index contributed by atoms with van der Waals surface area (Å²) in [4.78, 5) is 0. The van der Waals surface area contributed by atoms with Gasteiger partial charge in [-0.05, 0) is 43.2 Å². The van der Waals surface area contributed by atoms with Crippen molar-refractivity contribution >= 4 is 11.4 Å². The lowest BCUT2D eigenvalue weighted by Gasteiger charge is -2.13. The number of nitrogens with one attached hydrogen (secondary N) is 1. The van der Waals surface area contributed by atoms with E-state index in [1.54, 1.807) is 18.2 Å². The Bertz CT molecular complexity index is 703. The second-order valence-corrected chi connectivity index (χ2v) is 4.38. The zero-order valence-electron chi connectivity index (χ0n) is 10.9. The van der Waals surface area contributed by atoms with Crippen molar-refractivity contribution in [2.45, 2.75) is 13.8 Å². The second kappa shape index (κ2) is 5.25. The summed E-state index contributed by atoms with van der Waals surface area (Å²) in [5.41, 5.74) is 4.88. The van der Waals surface area contributed by atoms with Gasteiger partial charge >= 0.3 is 0 Å². The molecular weight excluding hydrogens is 234 g/mol. The third-order valence-corrected chi connectivity index (χ3v) is 3.02. The molecule has 0 aliphatic heterocycles. The molecule has 0 aromatic heterocycles. The minimum Gasteiger partial charge on any atom is -0.354 e. The number of nitriles is 2. The Morgan fingerprint density at radius 3 is 2.42 bits per heavy atom. The zero-order valence-corrected chi connectivity index (χ0v) is 10.9. The molecule has 2 aromatic rings. The van der Waals surface area contributed by atoms with Crippen molar-refractivity contribution < 1.29 is 0 Å². The van der Waals surface area contributed by atoms with Crippen LogP contribution in [0.15, 0.2) is 36.4 Å². The molecule has 0 unspecified atom stereocenters. The number of hydrogen-bond acceptors (Lipinski definition) is 3. The second-order valence-electron chi connectivity index (χ2n) is 4.38. The first-order valence-electron chi connectivity index (χ1n) is 5.93. The van der Waals surface area contributed by atoms with Gasteiger partial charge in [0.2, 0.25) is 0 Å². The first-order valence-corrected chi connectivity index (χ1v) is 5.93. The number of para-hydroxylation sites is 1. The molecule has 92 valence electrons. The number of rotatable bonds is 2. The molecule has 3 nitrogen and oxygen atoms in total. The lowest BCUT2D eigenvalue weighted by molar-refractivity contribution is 1.36. The third-order valence-electron chi connectivity index (χ3n) is 3.02. The summed E-state index contributed by atoms with van der Waals surface area (Å²) in [7, 11) is 0. The van der Waals surface area contributed by atoms with Gasteiger partial charge in [0.05, 0.1) is 22.9 Å². The molecule has 1 N–H and O–H groups in total. The number of hydrogen-bond donors (Lipinski definition) is 1. The van der Waals surface area contributed by atoms with Gasteiger partial charge in [0.25, 0.3) is 0 Å². The standard InChI is InChI=1S/C16H13N3/c1-11-6-7-13(9-17)8-15(11)19-16-12(2)4-3-5-14(16)10-18/h3-8,19H,1-2H3. The number of nitrogens with zero attached hydrogens (tertiary/aromatic N) is 2. The molecule has 0 aliphatic rings. The Kier molecular flexibility index (Phi) is 3.50. The Hall–Kier alpha value is -2.78. The van der Waals surface area contributed by atoms with Crippen LogP contribution in [0.5, 0.6) is 0 Å². The predicted octanol–water partition coefficient (Wildman–Crippen LogP) is 3.79. The molecule has 0 amide bonds. The van der Waals surface area contributed by atoms with Gasteiger partial charge in [0.1, 0.15) is 6.07 Å². The molecule has 0 aliphatic carbocycles. The highest BCUT2D eigenvalue weighted by molar-refractivity contribution is 5.72. The van der Waals surface area contributed by atoms with Crippen LogP contribution in [0.2, 0.25) is 0 Å². The molecule has 0 saturated heterocycles. The fourth-order valence-electron chi connectivity index (χ4n) is 1.89. The fraction of sp³-hybridized carbons (Fsp3) is 0.125. The number of anilines is 2. The number of aryl methyl sites for hydroxylation is 2. The zero-order chi connectivity index (χ0) is 13.8. The van der Waals surface area contributed by atoms with Crippen molar-refractivity contribution in [3.8, 4) is 12.1 Å². The predicted molar refractivity (Wildman–Crippen MR) is 75.1 cm³/mol. The van der Waals surface area contributed by atoms with Gasteiger partial charge in [-0.15, -0.1) is 0 Å². The van der Waals surface area contributed by atoms with Gasteiger partial charge in [0.15, 0.2) is 0 Å². The fourth-order valence-corrected chi connectivity index (χ4v) is 1.89. The average Bonchev–Trinajstić information content (AvgIpc) is 2.43. The van der Waals surface area contributed by atoms with Crippen LogP contribution >= 0.6 is 0 Å². The minimum atomic E-state index is 0.597. The SMILES string of the molecule is Cc1ccc(C#N)cc1Nc1c(C)cccc1C#N. The number of benzene rings is 2. The summed E-state index contributed by atoms with van der Waals surface area (Å²) in [6, 6.07) is 15.4. The maximum atomic E-state index is 9.15. The van der Waals surface area contributed by atoms with Crippen LogP contribution in [0.3, 0.4) is 0 Å². The van der Waals surface area contributed by atoms with Crippen molar-refractivity contribution in [1.82, 2.24) is 0 Å². The molecule has 0 fully saturated rings. The molecule has 0 spiro atoms. The molecule has 0 radical (unpaired) electrons. The highest BCUT2D eigenvalue weighted by Crippen LogP contribution is 2.27. The van der Waals surface area contributed by atoms with Gasteiger partial charge in [-0.3, -0.25) is 0 Å². The van der Waals surface area contributed by atoms with Crippen LogP contribution in [0.1, 0.15) is 22.3 Å². The Morgan fingerprint density at radius 1 is 0.947 bits per heavy atom. The summed E-state index contributed by atoms with van der Waals surface area (Å²) in [5, 5.41) is 21.4. The van der Waals surface area contributed by atoms with Crippen molar-refractivity contribution in [3.05, 3.63) is 58.7 Å². The summed E-state index contributed by atoms with van der Waals surface area (Å²) < 4.78 is 0. The van der Waals surface area contributed by atoms with Crippen LogP contribution in [-0.4, -0.2) is 0 Å². The smallest absolute Gasteiger partial charge is 0.101 e. The van der Waals surface area contributed by atoms with Crippen molar-refractivity contribution in [2.75, 3.05) is 5.32 Å². The Balaban J connectivity index is 2.48. The summed E-state index contributed by atoms with van der Waals surface area (Å²) >= 11 is 0. The molecule has 0 heterocycles. The van der Waals surface area contributed by atoms with Crippen LogP contribution in [0, 0.1) is 36.5 Å². The van der Waals surface area contributed by atoms with Gasteiger partial charge in [0, 0.05) is 5.69 Å². The van der Waals surface area contributed by atoms with Gasteiger partial charge in [-0.25, -0.2) is 0 Å². The van der Waals surface area contributed by atoms with Gasteiger partial charge in [-0.2, -0.15) is 10.5 Å². The highest BCUT2D eigenvalue weighted by Gasteiger charge is 2.07. The van der Waals surface area contributed by atoms with Crippen molar-refractivity contribution in [1.29, 1.82) is 10.5 Å². The van der Waals surface area contributed by atoms with Crippen LogP contribution in [0.25, 0.3) is 0 Å². The molecule has 2 aromatic carbocycles. The molecule has 3 heteroatoms. The summed E-state index contributed by atoms with van der Waals surface area (Å²) in [6.45, 7) is 3.92. The van der Waals surface area contributed by atoms with E-state index in [0.717, 1.165) is 22.5 Å². The molecule has 0 saturated carbocycles. The van der Waals surface area contributed by atoms with Crippen molar-refractivity contribution in [3.63, 3.8) is 0 Å². The summed E-state index contributed by atoms with van der Waals surface area (Å²) in [6.07, 6.45) is 0. The molecule has 0 atom stereocenters. The first-order chi connectivity index (χ1) is 9.15. The molecule has 2 rings (SSSR count). The average molecular weight is 247 g/mol. The van der Waals surface area contributed by atoms with E-state index in [0.29, 0.717) is 11.1 Å². The lowest BCUT2D eigenvalue weighted by Crippen LogP contribution is -1.98. The van der Waals surface area contributed by atoms with Crippen LogP contribution < -0.4 is 5.32 Å². The van der Waals surface area contributed by atoms with E-state index in [4.69, 9.17) is 10.5 Å². The molecule has 0 bridgehead atoms. The highest BCUT2D eigenvalue weighted by atomic mass is 14.9. The van der Waals surface area contributed by atoms with E-state index in [9.17, 15) is 0 Å². The topological polar surface area (TPSA) is 59.6 Å². The van der Waals surface area contributed by atoms with E-state index in [-0.39, 0.29) is 0 Å². The minimum absolute atomic E-state index is 0.597. The van der Waals surface area contributed by atoms with Crippen LogP contribution in [0.4, 0.5) is 11.4 Å².